The fourth-order valence-corrected chi connectivity index (χ4v) is 5.32. The number of aryl methyl sites for hydroxylation is 3. The smallest absolute Gasteiger partial charge is 0.267 e. The predicted molar refractivity (Wildman–Crippen MR) is 130 cm³/mol. The number of aromatic nitrogens is 3. The molecule has 0 bridgehead atoms. The van der Waals surface area contributed by atoms with Crippen LogP contribution in [0, 0.1) is 27.7 Å². The zero-order valence-electron chi connectivity index (χ0n) is 18.9. The molecule has 6 heteroatoms. The lowest BCUT2D eigenvalue weighted by Crippen LogP contribution is -2.22. The second-order valence-electron chi connectivity index (χ2n) is 8.08. The minimum atomic E-state index is -0.142. The lowest BCUT2D eigenvalue weighted by Gasteiger charge is -2.17. The van der Waals surface area contributed by atoms with E-state index in [4.69, 9.17) is 4.98 Å². The molecule has 0 saturated heterocycles. The monoisotopic (exact) mass is 443 g/mol. The van der Waals surface area contributed by atoms with E-state index in [0.29, 0.717) is 27.6 Å². The fraction of sp³-hybridized carbons (Fsp3) is 0.231. The summed E-state index contributed by atoms with van der Waals surface area (Å²) in [6.45, 7) is 9.59. The molecule has 162 valence electrons. The first-order chi connectivity index (χ1) is 15.3. The van der Waals surface area contributed by atoms with Crippen LogP contribution in [0.5, 0.6) is 0 Å². The summed E-state index contributed by atoms with van der Waals surface area (Å²) in [6.07, 6.45) is 1.75. The molecule has 0 saturated carbocycles. The van der Waals surface area contributed by atoms with E-state index in [9.17, 15) is 9.59 Å². The lowest BCUT2D eigenvalue weighted by atomic mass is 9.92. The molecule has 4 aromatic rings. The van der Waals surface area contributed by atoms with Crippen molar-refractivity contribution in [2.24, 2.45) is 0 Å². The number of ketones is 1. The van der Waals surface area contributed by atoms with Gasteiger partial charge in [-0.2, -0.15) is 0 Å². The highest BCUT2D eigenvalue weighted by atomic mass is 32.2. The van der Waals surface area contributed by atoms with E-state index in [1.54, 1.807) is 23.8 Å². The van der Waals surface area contributed by atoms with Crippen molar-refractivity contribution < 1.29 is 4.79 Å². The van der Waals surface area contributed by atoms with Crippen LogP contribution in [0.15, 0.2) is 58.6 Å². The van der Waals surface area contributed by atoms with Gasteiger partial charge in [-0.15, -0.1) is 0 Å². The van der Waals surface area contributed by atoms with E-state index < -0.39 is 0 Å². The summed E-state index contributed by atoms with van der Waals surface area (Å²) >= 11 is 1.48. The van der Waals surface area contributed by atoms with E-state index in [1.807, 2.05) is 51.1 Å². The van der Waals surface area contributed by atoms with Crippen molar-refractivity contribution in [3.63, 3.8) is 0 Å². The molecule has 0 radical (unpaired) electrons. The minimum Gasteiger partial charge on any atom is -0.294 e. The van der Waals surface area contributed by atoms with Crippen LogP contribution in [0.1, 0.15) is 45.1 Å². The highest BCUT2D eigenvalue weighted by Crippen LogP contribution is 2.30. The third-order valence-electron chi connectivity index (χ3n) is 5.70. The lowest BCUT2D eigenvalue weighted by molar-refractivity contribution is 0.101. The average Bonchev–Trinajstić information content (AvgIpc) is 2.74. The fourth-order valence-electron chi connectivity index (χ4n) is 4.13. The first kappa shape index (κ1) is 22.0. The predicted octanol–water partition coefficient (Wildman–Crippen LogP) is 5.51. The van der Waals surface area contributed by atoms with Gasteiger partial charge in [-0.3, -0.25) is 9.59 Å². The van der Waals surface area contributed by atoms with E-state index in [0.717, 1.165) is 33.4 Å². The molecule has 0 N–H and O–H groups in total. The Morgan fingerprint density at radius 2 is 1.78 bits per heavy atom. The van der Waals surface area contributed by atoms with E-state index in [2.05, 4.69) is 18.0 Å². The van der Waals surface area contributed by atoms with Crippen molar-refractivity contribution in [1.29, 1.82) is 0 Å². The summed E-state index contributed by atoms with van der Waals surface area (Å²) in [6, 6.07) is 13.2. The van der Waals surface area contributed by atoms with Gasteiger partial charge in [-0.05, 0) is 80.6 Å². The summed E-state index contributed by atoms with van der Waals surface area (Å²) in [5.74, 6) is 1.20. The zero-order chi connectivity index (χ0) is 23.0. The Balaban J connectivity index is 1.84. The molecular formula is C26H25N3O2S. The van der Waals surface area contributed by atoms with Gasteiger partial charge in [0.05, 0.1) is 10.9 Å². The van der Waals surface area contributed by atoms with Crippen molar-refractivity contribution in [2.75, 3.05) is 0 Å². The highest BCUT2D eigenvalue weighted by Gasteiger charge is 2.18. The van der Waals surface area contributed by atoms with Crippen LogP contribution in [0.3, 0.4) is 0 Å². The number of fused-ring (bicyclic) bond motifs is 1. The molecule has 2 aromatic carbocycles. The van der Waals surface area contributed by atoms with Gasteiger partial charge in [-0.25, -0.2) is 14.5 Å². The molecule has 5 nitrogen and oxygen atoms in total. The minimum absolute atomic E-state index is 0.0656. The van der Waals surface area contributed by atoms with E-state index in [-0.39, 0.29) is 11.3 Å². The van der Waals surface area contributed by atoms with Crippen LogP contribution >= 0.6 is 11.8 Å². The number of hydrogen-bond acceptors (Lipinski definition) is 5. The molecule has 2 aromatic heterocycles. The molecule has 4 rings (SSSR count). The normalized spacial score (nSPS) is 11.2. The van der Waals surface area contributed by atoms with Crippen LogP contribution in [0.4, 0.5) is 0 Å². The van der Waals surface area contributed by atoms with Crippen molar-refractivity contribution >= 4 is 28.4 Å². The maximum Gasteiger partial charge on any atom is 0.267 e. The van der Waals surface area contributed by atoms with E-state index in [1.165, 1.54) is 11.8 Å². The number of Topliss-reactive ketones (excluding diaryl/α,β-unsaturated/α-hetero) is 1. The number of hydrogen-bond donors (Lipinski definition) is 0. The van der Waals surface area contributed by atoms with Gasteiger partial charge in [0.1, 0.15) is 5.82 Å². The molecule has 0 aliphatic carbocycles. The molecule has 0 amide bonds. The topological polar surface area (TPSA) is 64.8 Å². The summed E-state index contributed by atoms with van der Waals surface area (Å²) < 4.78 is 1.58. The van der Waals surface area contributed by atoms with Gasteiger partial charge in [0, 0.05) is 17.5 Å². The number of rotatable bonds is 5. The number of pyridine rings is 1. The Kier molecular flexibility index (Phi) is 5.98. The Morgan fingerprint density at radius 3 is 2.47 bits per heavy atom. The van der Waals surface area contributed by atoms with Gasteiger partial charge in [0.2, 0.25) is 0 Å². The molecule has 0 spiro atoms. The van der Waals surface area contributed by atoms with Crippen molar-refractivity contribution in [2.45, 2.75) is 45.5 Å². The Bertz CT molecular complexity index is 1410. The number of nitrogens with zero attached hydrogens (tertiary/aromatic N) is 3. The molecule has 0 atom stereocenters. The third-order valence-corrected chi connectivity index (χ3v) is 6.66. The second-order valence-corrected chi connectivity index (χ2v) is 9.02. The van der Waals surface area contributed by atoms with Crippen molar-refractivity contribution in [3.8, 4) is 5.82 Å². The van der Waals surface area contributed by atoms with E-state index >= 15 is 0 Å². The zero-order valence-corrected chi connectivity index (χ0v) is 19.7. The van der Waals surface area contributed by atoms with Crippen LogP contribution in [0.25, 0.3) is 16.7 Å². The van der Waals surface area contributed by atoms with Crippen LogP contribution < -0.4 is 5.56 Å². The molecule has 32 heavy (non-hydrogen) atoms. The Labute approximate surface area is 191 Å². The number of carbonyl (C=O) groups is 1. The average molecular weight is 444 g/mol. The summed E-state index contributed by atoms with van der Waals surface area (Å²) in [7, 11) is 0. The van der Waals surface area contributed by atoms with Gasteiger partial charge in [-0.1, -0.05) is 36.0 Å². The molecule has 2 heterocycles. The molecule has 0 fully saturated rings. The molecule has 0 aliphatic heterocycles. The highest BCUT2D eigenvalue weighted by molar-refractivity contribution is 7.98. The quantitative estimate of drug-likeness (QED) is 0.231. The third kappa shape index (κ3) is 3.98. The van der Waals surface area contributed by atoms with Crippen molar-refractivity contribution in [3.05, 3.63) is 92.4 Å². The van der Waals surface area contributed by atoms with Crippen LogP contribution in [-0.4, -0.2) is 20.3 Å². The maximum absolute atomic E-state index is 13.4. The Morgan fingerprint density at radius 1 is 1.03 bits per heavy atom. The van der Waals surface area contributed by atoms with Crippen LogP contribution in [0.2, 0.25) is 0 Å². The summed E-state index contributed by atoms with van der Waals surface area (Å²) in [5, 5.41) is 1.13. The van der Waals surface area contributed by atoms with Gasteiger partial charge in [0.25, 0.3) is 5.56 Å². The van der Waals surface area contributed by atoms with Crippen molar-refractivity contribution in [1.82, 2.24) is 14.5 Å². The van der Waals surface area contributed by atoms with Crippen LogP contribution in [-0.2, 0) is 5.75 Å². The molecule has 0 aliphatic rings. The number of para-hydroxylation sites is 1. The Hall–Kier alpha value is -3.25. The van der Waals surface area contributed by atoms with Gasteiger partial charge >= 0.3 is 0 Å². The first-order valence-electron chi connectivity index (χ1n) is 10.5. The second kappa shape index (κ2) is 8.71. The molecule has 0 unspecified atom stereocenters. The van der Waals surface area contributed by atoms with Gasteiger partial charge < -0.3 is 0 Å². The summed E-state index contributed by atoms with van der Waals surface area (Å²) in [4.78, 5) is 34.9. The number of thioether (sulfide) groups is 1. The largest absolute Gasteiger partial charge is 0.294 e. The number of carbonyl (C=O) groups excluding carboxylic acids is 1. The molecular weight excluding hydrogens is 418 g/mol. The standard InChI is InChI=1S/C26H25N3O2S/c1-15-10-11-23(27-13-15)29-25(31)20-8-6-7-9-22(20)28-26(29)32-14-21-16(2)12-17(3)24(18(21)4)19(5)30/h6-13H,14H2,1-5H3. The summed E-state index contributed by atoms with van der Waals surface area (Å²) in [5.41, 5.74) is 6.51. The maximum atomic E-state index is 13.4. The number of benzene rings is 2. The SMILES string of the molecule is CC(=O)c1c(C)cc(C)c(CSc2nc3ccccc3c(=O)n2-c2ccc(C)cn2)c1C. The first-order valence-corrected chi connectivity index (χ1v) is 11.4. The van der Waals surface area contributed by atoms with Gasteiger partial charge in [0.15, 0.2) is 10.9 Å².